The van der Waals surface area contributed by atoms with E-state index in [0.717, 1.165) is 0 Å². The monoisotopic (exact) mass is 260 g/mol. The lowest BCUT2D eigenvalue weighted by Gasteiger charge is -2.00. The van der Waals surface area contributed by atoms with Crippen LogP contribution in [0, 0.1) is 0 Å². The van der Waals surface area contributed by atoms with E-state index >= 15 is 0 Å². The number of aromatic amines is 1. The Hall–Kier alpha value is -2.32. The highest BCUT2D eigenvalue weighted by Crippen LogP contribution is 2.27. The van der Waals surface area contributed by atoms with Crippen LogP contribution in [0.25, 0.3) is 0 Å². The van der Waals surface area contributed by atoms with Crippen LogP contribution in [0.2, 0.25) is 0 Å². The normalized spacial score (nSPS) is 11.5. The number of rotatable bonds is 3. The van der Waals surface area contributed by atoms with E-state index in [1.54, 1.807) is 5.10 Å². The van der Waals surface area contributed by atoms with Gasteiger partial charge < -0.3 is 9.84 Å². The summed E-state index contributed by atoms with van der Waals surface area (Å²) in [6, 6.07) is 0.642. The molecule has 0 bridgehead atoms. The first-order chi connectivity index (χ1) is 8.47. The summed E-state index contributed by atoms with van der Waals surface area (Å²) in [5.74, 6) is -0.719. The Bertz CT molecular complexity index is 532. The van der Waals surface area contributed by atoms with Crippen LogP contribution in [0.3, 0.4) is 0 Å². The van der Waals surface area contributed by atoms with E-state index in [-0.39, 0.29) is 12.2 Å². The molecule has 0 fully saturated rings. The maximum absolute atomic E-state index is 12.3. The molecule has 0 saturated carbocycles. The molecule has 1 amide bonds. The highest BCUT2D eigenvalue weighted by Gasteiger charge is 2.33. The van der Waals surface area contributed by atoms with E-state index in [9.17, 15) is 18.0 Å². The van der Waals surface area contributed by atoms with E-state index in [1.165, 1.54) is 12.5 Å². The van der Waals surface area contributed by atoms with Crippen LogP contribution in [0.15, 0.2) is 23.0 Å². The van der Waals surface area contributed by atoms with Gasteiger partial charge in [0.05, 0.1) is 6.20 Å². The molecule has 2 N–H and O–H groups in total. The highest BCUT2D eigenvalue weighted by molar-refractivity contribution is 5.92. The molecule has 0 saturated heterocycles. The quantitative estimate of drug-likeness (QED) is 0.872. The predicted octanol–water partition coefficient (Wildman–Crippen LogP) is 1.35. The molecule has 0 radical (unpaired) electrons. The minimum absolute atomic E-state index is 0.0938. The summed E-state index contributed by atoms with van der Waals surface area (Å²) in [5.41, 5.74) is -0.814. The average molecular weight is 260 g/mol. The molecule has 0 atom stereocenters. The third kappa shape index (κ3) is 2.67. The average Bonchev–Trinajstić information content (AvgIpc) is 2.96. The van der Waals surface area contributed by atoms with Gasteiger partial charge in [-0.1, -0.05) is 5.16 Å². The van der Waals surface area contributed by atoms with Crippen molar-refractivity contribution in [2.24, 2.45) is 0 Å². The molecule has 96 valence electrons. The minimum atomic E-state index is -4.56. The molecule has 0 aliphatic carbocycles. The largest absolute Gasteiger partial charge is 0.432 e. The first-order valence-electron chi connectivity index (χ1n) is 4.76. The van der Waals surface area contributed by atoms with Crippen molar-refractivity contribution in [1.29, 1.82) is 0 Å². The van der Waals surface area contributed by atoms with Gasteiger partial charge in [0.1, 0.15) is 12.0 Å². The number of amides is 1. The molecular weight excluding hydrogens is 253 g/mol. The van der Waals surface area contributed by atoms with Crippen LogP contribution in [0.4, 0.5) is 13.2 Å². The van der Waals surface area contributed by atoms with Gasteiger partial charge in [0.15, 0.2) is 5.69 Å². The molecule has 0 aliphatic rings. The number of hydrogen-bond donors (Lipinski definition) is 2. The fourth-order valence-electron chi connectivity index (χ4n) is 1.17. The topological polar surface area (TPSA) is 83.8 Å². The number of carbonyl (C=O) groups is 1. The molecule has 2 aromatic heterocycles. The van der Waals surface area contributed by atoms with Crippen LogP contribution in [0.5, 0.6) is 0 Å². The molecule has 0 spiro atoms. The molecular formula is C9H7F3N4O2. The standard InChI is InChI=1S/C9H7F3N4O2/c10-9(11,12)7-1-6(15-16-7)8(17)13-2-5-3-14-18-4-5/h1,3-4H,2H2,(H,13,17)(H,15,16). The van der Waals surface area contributed by atoms with Gasteiger partial charge in [-0.2, -0.15) is 18.3 Å². The van der Waals surface area contributed by atoms with Gasteiger partial charge in [0.2, 0.25) is 0 Å². The van der Waals surface area contributed by atoms with Gasteiger partial charge in [-0.15, -0.1) is 0 Å². The van der Waals surface area contributed by atoms with Crippen LogP contribution < -0.4 is 5.32 Å². The zero-order valence-electron chi connectivity index (χ0n) is 8.78. The second-order valence-electron chi connectivity index (χ2n) is 3.38. The number of hydrogen-bond acceptors (Lipinski definition) is 4. The van der Waals surface area contributed by atoms with Gasteiger partial charge in [-0.05, 0) is 0 Å². The highest BCUT2D eigenvalue weighted by atomic mass is 19.4. The SMILES string of the molecule is O=C(NCc1cnoc1)c1cc(C(F)(F)F)[nH]n1. The lowest BCUT2D eigenvalue weighted by molar-refractivity contribution is -0.141. The Kier molecular flexibility index (Phi) is 3.04. The fraction of sp³-hybridized carbons (Fsp3) is 0.222. The van der Waals surface area contributed by atoms with Crippen LogP contribution in [0.1, 0.15) is 21.7 Å². The molecule has 0 aromatic carbocycles. The Balaban J connectivity index is 1.99. The third-order valence-corrected chi connectivity index (χ3v) is 2.05. The molecule has 9 heteroatoms. The summed E-state index contributed by atoms with van der Waals surface area (Å²) in [7, 11) is 0. The second kappa shape index (κ2) is 4.51. The Morgan fingerprint density at radius 3 is 2.83 bits per heavy atom. The molecule has 0 unspecified atom stereocenters. The number of carbonyl (C=O) groups excluding carboxylic acids is 1. The zero-order valence-corrected chi connectivity index (χ0v) is 8.78. The molecule has 2 aromatic rings. The van der Waals surface area contributed by atoms with Crippen LogP contribution in [-0.4, -0.2) is 21.3 Å². The Morgan fingerprint density at radius 2 is 2.28 bits per heavy atom. The van der Waals surface area contributed by atoms with Crippen molar-refractivity contribution in [2.75, 3.05) is 0 Å². The van der Waals surface area contributed by atoms with E-state index in [0.29, 0.717) is 11.6 Å². The van der Waals surface area contributed by atoms with Gasteiger partial charge in [0.25, 0.3) is 5.91 Å². The number of aromatic nitrogens is 3. The number of nitrogens with one attached hydrogen (secondary N) is 2. The van der Waals surface area contributed by atoms with Crippen molar-refractivity contribution < 1.29 is 22.5 Å². The zero-order chi connectivity index (χ0) is 13.2. The number of nitrogens with zero attached hydrogens (tertiary/aromatic N) is 2. The molecule has 0 aliphatic heterocycles. The summed E-state index contributed by atoms with van der Waals surface area (Å²) in [4.78, 5) is 11.5. The Morgan fingerprint density at radius 1 is 1.50 bits per heavy atom. The Labute approximate surface area is 98.2 Å². The summed E-state index contributed by atoms with van der Waals surface area (Å²) in [5, 5.41) is 10.8. The van der Waals surface area contributed by atoms with Crippen LogP contribution in [-0.2, 0) is 12.7 Å². The summed E-state index contributed by atoms with van der Waals surface area (Å²) >= 11 is 0. The maximum atomic E-state index is 12.3. The van der Waals surface area contributed by atoms with Gasteiger partial charge in [0, 0.05) is 18.2 Å². The lowest BCUT2D eigenvalue weighted by atomic mass is 10.3. The van der Waals surface area contributed by atoms with E-state index in [2.05, 4.69) is 20.1 Å². The molecule has 18 heavy (non-hydrogen) atoms. The van der Waals surface area contributed by atoms with E-state index < -0.39 is 17.8 Å². The van der Waals surface area contributed by atoms with Crippen molar-refractivity contribution in [3.05, 3.63) is 35.5 Å². The second-order valence-corrected chi connectivity index (χ2v) is 3.38. The minimum Gasteiger partial charge on any atom is -0.364 e. The molecule has 6 nitrogen and oxygen atoms in total. The van der Waals surface area contributed by atoms with Gasteiger partial charge in [-0.3, -0.25) is 9.89 Å². The maximum Gasteiger partial charge on any atom is 0.432 e. The van der Waals surface area contributed by atoms with Crippen molar-refractivity contribution in [3.63, 3.8) is 0 Å². The predicted molar refractivity (Wildman–Crippen MR) is 51.3 cm³/mol. The van der Waals surface area contributed by atoms with E-state index in [1.807, 2.05) is 0 Å². The van der Waals surface area contributed by atoms with Crippen LogP contribution >= 0.6 is 0 Å². The first-order valence-corrected chi connectivity index (χ1v) is 4.76. The molecule has 2 rings (SSSR count). The van der Waals surface area contributed by atoms with Crippen molar-refractivity contribution >= 4 is 5.91 Å². The van der Waals surface area contributed by atoms with E-state index in [4.69, 9.17) is 0 Å². The number of halogens is 3. The number of alkyl halides is 3. The summed E-state index contributed by atoms with van der Waals surface area (Å²) < 4.78 is 41.3. The van der Waals surface area contributed by atoms with Gasteiger partial charge in [-0.25, -0.2) is 0 Å². The molecule has 2 heterocycles. The van der Waals surface area contributed by atoms with Crippen molar-refractivity contribution in [1.82, 2.24) is 20.7 Å². The fourth-order valence-corrected chi connectivity index (χ4v) is 1.17. The van der Waals surface area contributed by atoms with Crippen molar-refractivity contribution in [3.8, 4) is 0 Å². The van der Waals surface area contributed by atoms with Gasteiger partial charge >= 0.3 is 6.18 Å². The summed E-state index contributed by atoms with van der Waals surface area (Å²) in [6.07, 6.45) is -1.86. The first kappa shape index (κ1) is 12.1. The van der Waals surface area contributed by atoms with Crippen molar-refractivity contribution in [2.45, 2.75) is 12.7 Å². The lowest BCUT2D eigenvalue weighted by Crippen LogP contribution is -2.22. The smallest absolute Gasteiger partial charge is 0.364 e. The summed E-state index contributed by atoms with van der Waals surface area (Å²) in [6.45, 7) is 0.0938. The number of H-pyrrole nitrogens is 1. The third-order valence-electron chi connectivity index (χ3n) is 2.05.